The molecule has 0 saturated carbocycles. The maximum Gasteiger partial charge on any atom is 0.187 e. The number of benzene rings is 1. The number of hydrogen-bond donors (Lipinski definition) is 0. The molecule has 1 aliphatic heterocycles. The van der Waals surface area contributed by atoms with Gasteiger partial charge in [0.05, 0.1) is 22.3 Å². The first-order chi connectivity index (χ1) is 12.6. The van der Waals surface area contributed by atoms with Gasteiger partial charge in [-0.1, -0.05) is 35.0 Å². The summed E-state index contributed by atoms with van der Waals surface area (Å²) >= 11 is 13.7. The van der Waals surface area contributed by atoms with Crippen LogP contribution in [0.25, 0.3) is 11.3 Å². The zero-order valence-corrected chi connectivity index (χ0v) is 16.5. The van der Waals surface area contributed by atoms with Crippen LogP contribution in [0.5, 0.6) is 0 Å². The summed E-state index contributed by atoms with van der Waals surface area (Å²) < 4.78 is 6.01. The molecule has 4 rings (SSSR count). The van der Waals surface area contributed by atoms with Gasteiger partial charge in [-0.05, 0) is 36.6 Å². The zero-order chi connectivity index (χ0) is 18.1. The van der Waals surface area contributed by atoms with E-state index < -0.39 is 0 Å². The van der Waals surface area contributed by atoms with Crippen LogP contribution in [0.1, 0.15) is 17.0 Å². The van der Waals surface area contributed by atoms with E-state index in [-0.39, 0.29) is 0 Å². The first-order valence-electron chi connectivity index (χ1n) is 8.27. The van der Waals surface area contributed by atoms with Crippen LogP contribution in [0.4, 0.5) is 0 Å². The highest BCUT2D eigenvalue weighted by Crippen LogP contribution is 2.30. The third kappa shape index (κ3) is 3.76. The summed E-state index contributed by atoms with van der Waals surface area (Å²) in [4.78, 5) is 11.3. The second-order valence-corrected chi connectivity index (χ2v) is 7.77. The molecule has 3 heterocycles. The number of fused-ring (bicyclic) bond motifs is 1. The fraction of sp³-hybridized carbons (Fsp3) is 0.263. The number of thioether (sulfide) groups is 1. The molecule has 134 valence electrons. The molecule has 1 aliphatic rings. The minimum Gasteiger partial charge on any atom is -0.460 e. The second kappa shape index (κ2) is 7.61. The van der Waals surface area contributed by atoms with Gasteiger partial charge >= 0.3 is 0 Å². The SMILES string of the molecule is CSc1ncc2c(n1)CCN(Cc1ccc(-c3ccc(Cl)c(Cl)c3)o1)C2. The van der Waals surface area contributed by atoms with Crippen molar-refractivity contribution in [1.29, 1.82) is 0 Å². The number of hydrogen-bond acceptors (Lipinski definition) is 5. The Hall–Kier alpha value is -1.53. The lowest BCUT2D eigenvalue weighted by Gasteiger charge is -2.27. The Bertz CT molecular complexity index is 944. The molecule has 0 fully saturated rings. The van der Waals surface area contributed by atoms with E-state index in [1.807, 2.05) is 36.7 Å². The quantitative estimate of drug-likeness (QED) is 0.433. The highest BCUT2D eigenvalue weighted by Gasteiger charge is 2.19. The van der Waals surface area contributed by atoms with Crippen molar-refractivity contribution in [2.24, 2.45) is 0 Å². The largest absolute Gasteiger partial charge is 0.460 e. The van der Waals surface area contributed by atoms with Crippen molar-refractivity contribution in [3.8, 4) is 11.3 Å². The average molecular weight is 406 g/mol. The van der Waals surface area contributed by atoms with Gasteiger partial charge in [-0.25, -0.2) is 9.97 Å². The van der Waals surface area contributed by atoms with E-state index in [0.29, 0.717) is 10.0 Å². The van der Waals surface area contributed by atoms with Crippen molar-refractivity contribution in [2.45, 2.75) is 24.7 Å². The van der Waals surface area contributed by atoms with Crippen molar-refractivity contribution in [2.75, 3.05) is 12.8 Å². The molecule has 2 aromatic heterocycles. The molecule has 1 aromatic carbocycles. The van der Waals surface area contributed by atoms with Gasteiger partial charge in [-0.3, -0.25) is 4.90 Å². The second-order valence-electron chi connectivity index (χ2n) is 6.18. The van der Waals surface area contributed by atoms with Gasteiger partial charge < -0.3 is 4.42 Å². The predicted molar refractivity (Wildman–Crippen MR) is 106 cm³/mol. The van der Waals surface area contributed by atoms with Gasteiger partial charge in [0.1, 0.15) is 11.5 Å². The molecule has 0 radical (unpaired) electrons. The fourth-order valence-corrected chi connectivity index (χ4v) is 3.74. The first-order valence-corrected chi connectivity index (χ1v) is 10.3. The molecule has 0 aliphatic carbocycles. The molecule has 0 bridgehead atoms. The van der Waals surface area contributed by atoms with Crippen LogP contribution < -0.4 is 0 Å². The van der Waals surface area contributed by atoms with Crippen LogP contribution in [-0.4, -0.2) is 27.7 Å². The molecule has 0 saturated heterocycles. The summed E-state index contributed by atoms with van der Waals surface area (Å²) in [7, 11) is 0. The van der Waals surface area contributed by atoms with E-state index in [4.69, 9.17) is 27.6 Å². The van der Waals surface area contributed by atoms with E-state index in [9.17, 15) is 0 Å². The third-order valence-electron chi connectivity index (χ3n) is 4.42. The Morgan fingerprint density at radius 3 is 2.88 bits per heavy atom. The molecule has 0 spiro atoms. The van der Waals surface area contributed by atoms with Crippen molar-refractivity contribution >= 4 is 35.0 Å². The van der Waals surface area contributed by atoms with Crippen LogP contribution >= 0.6 is 35.0 Å². The lowest BCUT2D eigenvalue weighted by molar-refractivity contribution is 0.223. The standard InChI is InChI=1S/C19H17Cl2N3OS/c1-26-19-22-9-13-10-24(7-6-17(13)23-19)11-14-3-5-18(25-14)12-2-4-15(20)16(21)8-12/h2-5,8-9H,6-7,10-11H2,1H3. The summed E-state index contributed by atoms with van der Waals surface area (Å²) in [5, 5.41) is 1.91. The van der Waals surface area contributed by atoms with Gasteiger partial charge in [0.15, 0.2) is 5.16 Å². The predicted octanol–water partition coefficient (Wildman–Crippen LogP) is 5.32. The number of aromatic nitrogens is 2. The average Bonchev–Trinajstić information content (AvgIpc) is 3.12. The molecular weight excluding hydrogens is 389 g/mol. The number of furan rings is 1. The molecule has 7 heteroatoms. The number of nitrogens with zero attached hydrogens (tertiary/aromatic N) is 3. The highest BCUT2D eigenvalue weighted by molar-refractivity contribution is 7.98. The van der Waals surface area contributed by atoms with E-state index in [1.165, 1.54) is 5.56 Å². The van der Waals surface area contributed by atoms with Crippen molar-refractivity contribution < 1.29 is 4.42 Å². The molecular formula is C19H17Cl2N3OS. The molecule has 0 N–H and O–H groups in total. The van der Waals surface area contributed by atoms with Crippen LogP contribution in [0.3, 0.4) is 0 Å². The Morgan fingerprint density at radius 2 is 2.08 bits per heavy atom. The van der Waals surface area contributed by atoms with Gasteiger partial charge in [0, 0.05) is 36.8 Å². The van der Waals surface area contributed by atoms with Gasteiger partial charge in [0.25, 0.3) is 0 Å². The third-order valence-corrected chi connectivity index (χ3v) is 5.72. The topological polar surface area (TPSA) is 42.2 Å². The molecule has 0 amide bonds. The lowest BCUT2D eigenvalue weighted by Crippen LogP contribution is -2.30. The summed E-state index contributed by atoms with van der Waals surface area (Å²) in [5.74, 6) is 1.72. The fourth-order valence-electron chi connectivity index (χ4n) is 3.08. The Kier molecular flexibility index (Phi) is 5.23. The molecule has 0 unspecified atom stereocenters. The summed E-state index contributed by atoms with van der Waals surface area (Å²) in [5.41, 5.74) is 3.29. The lowest BCUT2D eigenvalue weighted by atomic mass is 10.1. The monoisotopic (exact) mass is 405 g/mol. The highest BCUT2D eigenvalue weighted by atomic mass is 35.5. The summed E-state index contributed by atoms with van der Waals surface area (Å²) in [6, 6.07) is 9.51. The van der Waals surface area contributed by atoms with Gasteiger partial charge in [-0.15, -0.1) is 0 Å². The van der Waals surface area contributed by atoms with E-state index in [0.717, 1.165) is 54.0 Å². The van der Waals surface area contributed by atoms with Crippen LogP contribution in [0.15, 0.2) is 46.1 Å². The van der Waals surface area contributed by atoms with Gasteiger partial charge in [0.2, 0.25) is 0 Å². The zero-order valence-electron chi connectivity index (χ0n) is 14.2. The van der Waals surface area contributed by atoms with Crippen LogP contribution in [0.2, 0.25) is 10.0 Å². The minimum atomic E-state index is 0.527. The normalized spacial score (nSPS) is 14.4. The van der Waals surface area contributed by atoms with E-state index >= 15 is 0 Å². The first kappa shape index (κ1) is 17.9. The van der Waals surface area contributed by atoms with E-state index in [1.54, 1.807) is 17.8 Å². The van der Waals surface area contributed by atoms with Crippen molar-refractivity contribution in [1.82, 2.24) is 14.9 Å². The molecule has 0 atom stereocenters. The summed E-state index contributed by atoms with van der Waals surface area (Å²) in [6.45, 7) is 2.55. The smallest absolute Gasteiger partial charge is 0.187 e. The Labute approximate surface area is 166 Å². The Morgan fingerprint density at radius 1 is 1.19 bits per heavy atom. The molecule has 3 aromatic rings. The van der Waals surface area contributed by atoms with E-state index in [2.05, 4.69) is 14.9 Å². The Balaban J connectivity index is 1.47. The number of rotatable bonds is 4. The van der Waals surface area contributed by atoms with Crippen molar-refractivity contribution in [3.63, 3.8) is 0 Å². The maximum atomic E-state index is 6.10. The van der Waals surface area contributed by atoms with Crippen LogP contribution in [-0.2, 0) is 19.5 Å². The summed E-state index contributed by atoms with van der Waals surface area (Å²) in [6.07, 6.45) is 4.88. The molecule has 4 nitrogen and oxygen atoms in total. The molecule has 26 heavy (non-hydrogen) atoms. The number of halogens is 2. The van der Waals surface area contributed by atoms with Gasteiger partial charge in [-0.2, -0.15) is 0 Å². The van der Waals surface area contributed by atoms with Crippen LogP contribution in [0, 0.1) is 0 Å². The maximum absolute atomic E-state index is 6.10. The van der Waals surface area contributed by atoms with Crippen molar-refractivity contribution in [3.05, 3.63) is 63.6 Å². The minimum absolute atomic E-state index is 0.527.